The van der Waals surface area contributed by atoms with E-state index in [0.717, 1.165) is 12.0 Å². The Morgan fingerprint density at radius 3 is 2.57 bits per heavy atom. The fourth-order valence-electron chi connectivity index (χ4n) is 2.65. The van der Waals surface area contributed by atoms with E-state index in [1.165, 1.54) is 29.5 Å². The summed E-state index contributed by atoms with van der Waals surface area (Å²) in [5.41, 5.74) is 2.15. The van der Waals surface area contributed by atoms with Gasteiger partial charge in [-0.25, -0.2) is 4.39 Å². The highest BCUT2D eigenvalue weighted by Crippen LogP contribution is 2.26. The lowest BCUT2D eigenvalue weighted by Crippen LogP contribution is -2.03. The monoisotopic (exact) mass is 426 g/mol. The van der Waals surface area contributed by atoms with Crippen molar-refractivity contribution in [2.24, 2.45) is 0 Å². The Labute approximate surface area is 176 Å². The Bertz CT molecular complexity index is 1100. The molecule has 0 fully saturated rings. The molecule has 2 aromatic heterocycles. The van der Waals surface area contributed by atoms with Crippen molar-refractivity contribution in [1.29, 1.82) is 0 Å². The van der Waals surface area contributed by atoms with Gasteiger partial charge in [0.2, 0.25) is 11.7 Å². The van der Waals surface area contributed by atoms with Crippen molar-refractivity contribution in [2.75, 3.05) is 0 Å². The van der Waals surface area contributed by atoms with Crippen LogP contribution in [-0.4, -0.2) is 20.3 Å². The second-order valence-electron chi connectivity index (χ2n) is 6.47. The van der Waals surface area contributed by atoms with Gasteiger partial charge in [-0.2, -0.15) is 4.98 Å². The van der Waals surface area contributed by atoms with Gasteiger partial charge in [0.1, 0.15) is 11.6 Å². The number of thioether (sulfide) groups is 1. The Morgan fingerprint density at radius 2 is 1.83 bits per heavy atom. The van der Waals surface area contributed by atoms with E-state index in [-0.39, 0.29) is 5.82 Å². The van der Waals surface area contributed by atoms with E-state index in [2.05, 4.69) is 39.4 Å². The quantitative estimate of drug-likeness (QED) is 0.353. The molecule has 0 aliphatic rings. The molecule has 0 radical (unpaired) electrons. The van der Waals surface area contributed by atoms with Crippen LogP contribution in [0.15, 0.2) is 62.7 Å². The van der Waals surface area contributed by atoms with Crippen molar-refractivity contribution in [2.45, 2.75) is 37.3 Å². The number of nitrogens with zero attached hydrogens (tertiary/aromatic N) is 4. The van der Waals surface area contributed by atoms with Gasteiger partial charge in [0.25, 0.3) is 11.1 Å². The van der Waals surface area contributed by atoms with Gasteiger partial charge in [-0.1, -0.05) is 48.1 Å². The van der Waals surface area contributed by atoms with Crippen LogP contribution in [0.25, 0.3) is 11.4 Å². The minimum Gasteiger partial charge on any atom is -0.481 e. The fourth-order valence-corrected chi connectivity index (χ4v) is 3.26. The van der Waals surface area contributed by atoms with Gasteiger partial charge in [-0.15, -0.1) is 10.2 Å². The number of rotatable bonds is 8. The van der Waals surface area contributed by atoms with Gasteiger partial charge in [0.05, 0.1) is 5.75 Å². The Hall–Kier alpha value is -3.20. The molecule has 7 nitrogen and oxygen atoms in total. The molecular weight excluding hydrogens is 407 g/mol. The van der Waals surface area contributed by atoms with Crippen LogP contribution in [0.2, 0.25) is 0 Å². The molecule has 4 rings (SSSR count). The SMILES string of the molecule is CCc1ccc(-c2noc(CSc3nnc(C(C)Oc4ccc(F)cc4)o3)n2)cc1. The van der Waals surface area contributed by atoms with E-state index in [4.69, 9.17) is 13.7 Å². The van der Waals surface area contributed by atoms with E-state index in [0.29, 0.717) is 34.3 Å². The molecule has 0 spiro atoms. The van der Waals surface area contributed by atoms with Gasteiger partial charge in [-0.05, 0) is 43.2 Å². The van der Waals surface area contributed by atoms with Crippen LogP contribution < -0.4 is 4.74 Å². The number of hydrogen-bond acceptors (Lipinski definition) is 8. The third-order valence-electron chi connectivity index (χ3n) is 4.30. The molecule has 154 valence electrons. The van der Waals surface area contributed by atoms with Crippen LogP contribution in [0.3, 0.4) is 0 Å². The van der Waals surface area contributed by atoms with Gasteiger partial charge in [0, 0.05) is 5.56 Å². The normalized spacial score (nSPS) is 12.1. The number of hydrogen-bond donors (Lipinski definition) is 0. The molecule has 0 saturated carbocycles. The van der Waals surface area contributed by atoms with Gasteiger partial charge < -0.3 is 13.7 Å². The molecule has 0 bridgehead atoms. The number of aryl methyl sites for hydroxylation is 1. The highest BCUT2D eigenvalue weighted by atomic mass is 32.2. The van der Waals surface area contributed by atoms with Crippen molar-refractivity contribution >= 4 is 11.8 Å². The molecule has 9 heteroatoms. The summed E-state index contributed by atoms with van der Waals surface area (Å²) in [4.78, 5) is 4.41. The van der Waals surface area contributed by atoms with Crippen molar-refractivity contribution in [3.05, 3.63) is 71.7 Å². The fraction of sp³-hybridized carbons (Fsp3) is 0.238. The highest BCUT2D eigenvalue weighted by Gasteiger charge is 2.17. The summed E-state index contributed by atoms with van der Waals surface area (Å²) in [5, 5.41) is 12.4. The van der Waals surface area contributed by atoms with Crippen molar-refractivity contribution in [3.63, 3.8) is 0 Å². The first-order chi connectivity index (χ1) is 14.6. The van der Waals surface area contributed by atoms with E-state index < -0.39 is 6.10 Å². The van der Waals surface area contributed by atoms with Crippen LogP contribution in [0, 0.1) is 5.82 Å². The lowest BCUT2D eigenvalue weighted by atomic mass is 10.1. The van der Waals surface area contributed by atoms with E-state index in [1.54, 1.807) is 19.1 Å². The number of halogens is 1. The molecule has 1 unspecified atom stereocenters. The van der Waals surface area contributed by atoms with E-state index >= 15 is 0 Å². The summed E-state index contributed by atoms with van der Waals surface area (Å²) in [6, 6.07) is 13.8. The minimum absolute atomic E-state index is 0.323. The standard InChI is InChI=1S/C21H19FN4O3S/c1-3-14-4-6-15(7-5-14)19-23-18(29-26-19)12-30-21-25-24-20(28-21)13(2)27-17-10-8-16(22)9-11-17/h4-11,13H,3,12H2,1-2H3. The summed E-state index contributed by atoms with van der Waals surface area (Å²) in [6.07, 6.45) is 0.507. The molecule has 1 atom stereocenters. The second kappa shape index (κ2) is 9.08. The largest absolute Gasteiger partial charge is 0.481 e. The molecule has 0 amide bonds. The first-order valence-corrected chi connectivity index (χ1v) is 10.4. The third kappa shape index (κ3) is 4.85. The average molecular weight is 426 g/mol. The maximum absolute atomic E-state index is 13.0. The molecule has 4 aromatic rings. The van der Waals surface area contributed by atoms with Crippen molar-refractivity contribution in [3.8, 4) is 17.1 Å². The number of benzene rings is 2. The molecule has 0 aliphatic carbocycles. The topological polar surface area (TPSA) is 87.1 Å². The lowest BCUT2D eigenvalue weighted by molar-refractivity contribution is 0.181. The van der Waals surface area contributed by atoms with Crippen LogP contribution in [0.4, 0.5) is 4.39 Å². The van der Waals surface area contributed by atoms with Gasteiger partial charge in [-0.3, -0.25) is 0 Å². The zero-order valence-electron chi connectivity index (χ0n) is 16.4. The predicted octanol–water partition coefficient (Wildman–Crippen LogP) is 5.25. The summed E-state index contributed by atoms with van der Waals surface area (Å²) >= 11 is 1.29. The maximum Gasteiger partial charge on any atom is 0.277 e. The van der Waals surface area contributed by atoms with Crippen LogP contribution in [0.1, 0.15) is 37.3 Å². The first kappa shape index (κ1) is 20.1. The van der Waals surface area contributed by atoms with Crippen LogP contribution in [-0.2, 0) is 12.2 Å². The molecule has 2 heterocycles. The van der Waals surface area contributed by atoms with Crippen molar-refractivity contribution < 1.29 is 18.1 Å². The summed E-state index contributed by atoms with van der Waals surface area (Å²) < 4.78 is 29.6. The predicted molar refractivity (Wildman–Crippen MR) is 108 cm³/mol. The zero-order valence-corrected chi connectivity index (χ0v) is 17.2. The lowest BCUT2D eigenvalue weighted by Gasteiger charge is -2.10. The zero-order chi connectivity index (χ0) is 20.9. The third-order valence-corrected chi connectivity index (χ3v) is 5.11. The summed E-state index contributed by atoms with van der Waals surface area (Å²) in [5.74, 6) is 1.92. The number of ether oxygens (including phenoxy) is 1. The Morgan fingerprint density at radius 1 is 1.07 bits per heavy atom. The smallest absolute Gasteiger partial charge is 0.277 e. The molecule has 0 N–H and O–H groups in total. The molecule has 0 aliphatic heterocycles. The maximum atomic E-state index is 13.0. The molecule has 0 saturated heterocycles. The number of aromatic nitrogens is 4. The van der Waals surface area contributed by atoms with E-state index in [9.17, 15) is 4.39 Å². The van der Waals surface area contributed by atoms with Crippen LogP contribution in [0.5, 0.6) is 5.75 Å². The minimum atomic E-state index is -0.474. The summed E-state index contributed by atoms with van der Waals surface area (Å²) in [6.45, 7) is 3.89. The Balaban J connectivity index is 1.34. The first-order valence-electron chi connectivity index (χ1n) is 9.41. The highest BCUT2D eigenvalue weighted by molar-refractivity contribution is 7.98. The Kier molecular flexibility index (Phi) is 6.08. The van der Waals surface area contributed by atoms with E-state index in [1.807, 2.05) is 12.1 Å². The summed E-state index contributed by atoms with van der Waals surface area (Å²) in [7, 11) is 0. The second-order valence-corrected chi connectivity index (χ2v) is 7.40. The van der Waals surface area contributed by atoms with Crippen LogP contribution >= 0.6 is 11.8 Å². The molecule has 30 heavy (non-hydrogen) atoms. The van der Waals surface area contributed by atoms with Crippen molar-refractivity contribution in [1.82, 2.24) is 20.3 Å². The van der Waals surface area contributed by atoms with Gasteiger partial charge in [0.15, 0.2) is 6.10 Å². The molecule has 2 aromatic carbocycles. The average Bonchev–Trinajstić information content (AvgIpc) is 3.44. The molecular formula is C21H19FN4O3S. The van der Waals surface area contributed by atoms with Gasteiger partial charge >= 0.3 is 0 Å².